The fraction of sp³-hybridized carbons (Fsp3) is 0.600. The number of benzene rings is 1. The summed E-state index contributed by atoms with van der Waals surface area (Å²) >= 11 is 0. The minimum absolute atomic E-state index is 0.0217. The van der Waals surface area contributed by atoms with Crippen molar-refractivity contribution in [1.82, 2.24) is 5.32 Å². The van der Waals surface area contributed by atoms with Crippen molar-refractivity contribution in [3.05, 3.63) is 35.4 Å². The van der Waals surface area contributed by atoms with Gasteiger partial charge >= 0.3 is 0 Å². The van der Waals surface area contributed by atoms with Crippen LogP contribution in [0.3, 0.4) is 0 Å². The van der Waals surface area contributed by atoms with Crippen LogP contribution in [-0.2, 0) is 15.0 Å². The van der Waals surface area contributed by atoms with Gasteiger partial charge in [0.05, 0.1) is 6.61 Å². The van der Waals surface area contributed by atoms with Crippen LogP contribution in [0, 0.1) is 0 Å². The van der Waals surface area contributed by atoms with Crippen molar-refractivity contribution in [1.29, 1.82) is 0 Å². The molecule has 0 aliphatic carbocycles. The van der Waals surface area contributed by atoms with E-state index in [0.717, 1.165) is 6.54 Å². The molecule has 0 amide bonds. The van der Waals surface area contributed by atoms with Gasteiger partial charge < -0.3 is 14.8 Å². The normalized spacial score (nSPS) is 25.3. The minimum Gasteiger partial charge on any atom is -0.382 e. The van der Waals surface area contributed by atoms with Crippen LogP contribution in [0.2, 0.25) is 0 Å². The number of rotatable bonds is 5. The van der Waals surface area contributed by atoms with Gasteiger partial charge in [-0.15, -0.1) is 0 Å². The van der Waals surface area contributed by atoms with Crippen LogP contribution < -0.4 is 5.32 Å². The van der Waals surface area contributed by atoms with Gasteiger partial charge in [-0.2, -0.15) is 0 Å². The summed E-state index contributed by atoms with van der Waals surface area (Å²) in [6.07, 6.45) is 2.48. The van der Waals surface area contributed by atoms with Crippen LogP contribution in [0.15, 0.2) is 24.3 Å². The van der Waals surface area contributed by atoms with E-state index in [4.69, 9.17) is 9.47 Å². The maximum atomic E-state index is 5.43. The maximum Gasteiger partial charge on any atom is 0.105 e. The predicted octanol–water partition coefficient (Wildman–Crippen LogP) is 2.62. The molecule has 2 rings (SSSR count). The van der Waals surface area contributed by atoms with Crippen molar-refractivity contribution in [2.24, 2.45) is 0 Å². The third-order valence-electron chi connectivity index (χ3n) is 3.89. The van der Waals surface area contributed by atoms with Crippen molar-refractivity contribution in [3.8, 4) is 0 Å². The van der Waals surface area contributed by atoms with E-state index in [1.54, 1.807) is 14.2 Å². The Bertz CT molecular complexity index is 369. The van der Waals surface area contributed by atoms with Crippen molar-refractivity contribution < 1.29 is 9.47 Å². The SMILES string of the molecule is COCC(OC)c1ccc(C2(C)CCCN2)cc1. The van der Waals surface area contributed by atoms with E-state index in [1.165, 1.54) is 24.0 Å². The van der Waals surface area contributed by atoms with Gasteiger partial charge in [0.2, 0.25) is 0 Å². The molecule has 0 aromatic heterocycles. The minimum atomic E-state index is 0.0217. The van der Waals surface area contributed by atoms with Crippen molar-refractivity contribution in [2.75, 3.05) is 27.4 Å². The van der Waals surface area contributed by atoms with Gasteiger partial charge in [-0.3, -0.25) is 0 Å². The van der Waals surface area contributed by atoms with Gasteiger partial charge in [0.15, 0.2) is 0 Å². The quantitative estimate of drug-likeness (QED) is 0.870. The van der Waals surface area contributed by atoms with Crippen molar-refractivity contribution in [3.63, 3.8) is 0 Å². The maximum absolute atomic E-state index is 5.43. The van der Waals surface area contributed by atoms with Gasteiger partial charge in [0, 0.05) is 19.8 Å². The summed E-state index contributed by atoms with van der Waals surface area (Å²) < 4.78 is 10.6. The van der Waals surface area contributed by atoms with Crippen LogP contribution in [0.1, 0.15) is 37.0 Å². The summed E-state index contributed by atoms with van der Waals surface area (Å²) in [4.78, 5) is 0. The molecule has 0 radical (unpaired) electrons. The highest BCUT2D eigenvalue weighted by Crippen LogP contribution is 2.31. The average molecular weight is 249 g/mol. The Morgan fingerprint density at radius 2 is 2.00 bits per heavy atom. The van der Waals surface area contributed by atoms with E-state index < -0.39 is 0 Å². The lowest BCUT2D eigenvalue weighted by atomic mass is 9.89. The number of hydrogen-bond acceptors (Lipinski definition) is 3. The Balaban J connectivity index is 2.14. The summed E-state index contributed by atoms with van der Waals surface area (Å²) in [7, 11) is 3.42. The van der Waals surface area contributed by atoms with Crippen LogP contribution in [0.25, 0.3) is 0 Å². The highest BCUT2D eigenvalue weighted by molar-refractivity contribution is 5.30. The van der Waals surface area contributed by atoms with Crippen LogP contribution in [-0.4, -0.2) is 27.4 Å². The topological polar surface area (TPSA) is 30.5 Å². The van der Waals surface area contributed by atoms with Gasteiger partial charge in [-0.1, -0.05) is 24.3 Å². The Kier molecular flexibility index (Phi) is 4.38. The smallest absolute Gasteiger partial charge is 0.105 e. The number of hydrogen-bond donors (Lipinski definition) is 1. The number of ether oxygens (including phenoxy) is 2. The lowest BCUT2D eigenvalue weighted by Gasteiger charge is -2.25. The second-order valence-corrected chi connectivity index (χ2v) is 5.16. The van der Waals surface area contributed by atoms with Crippen LogP contribution >= 0.6 is 0 Å². The average Bonchev–Trinajstić information content (AvgIpc) is 2.84. The molecular weight excluding hydrogens is 226 g/mol. The third kappa shape index (κ3) is 2.74. The molecule has 0 spiro atoms. The van der Waals surface area contributed by atoms with E-state index in [0.29, 0.717) is 6.61 Å². The molecule has 2 unspecified atom stereocenters. The van der Waals surface area contributed by atoms with E-state index in [9.17, 15) is 0 Å². The third-order valence-corrected chi connectivity index (χ3v) is 3.89. The molecule has 1 saturated heterocycles. The van der Waals surface area contributed by atoms with E-state index >= 15 is 0 Å². The molecule has 3 nitrogen and oxygen atoms in total. The molecule has 2 atom stereocenters. The fourth-order valence-electron chi connectivity index (χ4n) is 2.66. The second kappa shape index (κ2) is 5.83. The molecule has 0 bridgehead atoms. The molecule has 1 aromatic rings. The highest BCUT2D eigenvalue weighted by Gasteiger charge is 2.29. The summed E-state index contributed by atoms with van der Waals surface area (Å²) in [5.41, 5.74) is 2.67. The Morgan fingerprint density at radius 3 is 2.50 bits per heavy atom. The molecule has 1 aromatic carbocycles. The van der Waals surface area contributed by atoms with Crippen molar-refractivity contribution >= 4 is 0 Å². The van der Waals surface area contributed by atoms with E-state index in [-0.39, 0.29) is 11.6 Å². The molecule has 100 valence electrons. The zero-order chi connectivity index (χ0) is 13.0. The standard InChI is InChI=1S/C15H23NO2/c1-15(9-4-10-16-15)13-7-5-12(6-8-13)14(18-3)11-17-2/h5-8,14,16H,4,9-11H2,1-3H3. The zero-order valence-electron chi connectivity index (χ0n) is 11.5. The van der Waals surface area contributed by atoms with Gasteiger partial charge in [0.1, 0.15) is 6.10 Å². The largest absolute Gasteiger partial charge is 0.382 e. The first-order chi connectivity index (χ1) is 8.69. The molecule has 1 aliphatic rings. The Morgan fingerprint density at radius 1 is 1.28 bits per heavy atom. The zero-order valence-corrected chi connectivity index (χ0v) is 11.5. The number of methoxy groups -OCH3 is 2. The lowest BCUT2D eigenvalue weighted by molar-refractivity contribution is 0.0274. The molecule has 18 heavy (non-hydrogen) atoms. The molecule has 0 saturated carbocycles. The second-order valence-electron chi connectivity index (χ2n) is 5.16. The van der Waals surface area contributed by atoms with Gasteiger partial charge in [-0.05, 0) is 37.4 Å². The fourth-order valence-corrected chi connectivity index (χ4v) is 2.66. The molecule has 1 N–H and O–H groups in total. The van der Waals surface area contributed by atoms with E-state index in [2.05, 4.69) is 36.5 Å². The first kappa shape index (κ1) is 13.5. The van der Waals surface area contributed by atoms with Crippen molar-refractivity contribution in [2.45, 2.75) is 31.4 Å². The van der Waals surface area contributed by atoms with Crippen LogP contribution in [0.5, 0.6) is 0 Å². The van der Waals surface area contributed by atoms with Gasteiger partial charge in [0.25, 0.3) is 0 Å². The molecule has 3 heteroatoms. The molecule has 1 heterocycles. The van der Waals surface area contributed by atoms with Gasteiger partial charge in [-0.25, -0.2) is 0 Å². The molecule has 1 aliphatic heterocycles. The Hall–Kier alpha value is -0.900. The first-order valence-electron chi connectivity index (χ1n) is 6.57. The summed E-state index contributed by atoms with van der Waals surface area (Å²) in [5.74, 6) is 0. The Labute approximate surface area is 109 Å². The monoisotopic (exact) mass is 249 g/mol. The van der Waals surface area contributed by atoms with E-state index in [1.807, 2.05) is 0 Å². The number of nitrogens with one attached hydrogen (secondary N) is 1. The first-order valence-corrected chi connectivity index (χ1v) is 6.57. The summed E-state index contributed by atoms with van der Waals surface area (Å²) in [6, 6.07) is 8.70. The highest BCUT2D eigenvalue weighted by atomic mass is 16.5. The molecule has 1 fully saturated rings. The summed E-state index contributed by atoms with van der Waals surface area (Å²) in [5, 5.41) is 3.58. The predicted molar refractivity (Wildman–Crippen MR) is 72.7 cm³/mol. The van der Waals surface area contributed by atoms with Crippen LogP contribution in [0.4, 0.5) is 0 Å². The lowest BCUT2D eigenvalue weighted by Crippen LogP contribution is -2.33. The molecular formula is C15H23NO2. The summed E-state index contributed by atoms with van der Waals surface area (Å²) in [6.45, 7) is 3.98.